The zero-order valence-corrected chi connectivity index (χ0v) is 13.7. The van der Waals surface area contributed by atoms with Gasteiger partial charge in [-0.15, -0.1) is 0 Å². The number of aliphatic hydroxyl groups excluding tert-OH is 1. The summed E-state index contributed by atoms with van der Waals surface area (Å²) in [5.74, 6) is -0.452. The molecule has 1 amide bonds. The maximum atomic E-state index is 13.0. The fourth-order valence-electron chi connectivity index (χ4n) is 3.17. The molecule has 1 heterocycles. The second kappa shape index (κ2) is 7.13. The van der Waals surface area contributed by atoms with Crippen LogP contribution in [0.2, 0.25) is 0 Å². The van der Waals surface area contributed by atoms with Crippen LogP contribution in [0.15, 0.2) is 30.3 Å². The Morgan fingerprint density at radius 3 is 2.75 bits per heavy atom. The van der Waals surface area contributed by atoms with Crippen molar-refractivity contribution in [2.45, 2.75) is 38.7 Å². The van der Waals surface area contributed by atoms with Gasteiger partial charge in [-0.05, 0) is 50.1 Å². The van der Waals surface area contributed by atoms with E-state index >= 15 is 0 Å². The largest absolute Gasteiger partial charge is 0.393 e. The topological polar surface area (TPSA) is 67.2 Å². The second-order valence-electron chi connectivity index (χ2n) is 6.38. The van der Waals surface area contributed by atoms with E-state index in [2.05, 4.69) is 10.4 Å². The predicted octanol–water partition coefficient (Wildman–Crippen LogP) is 2.60. The first-order valence-corrected chi connectivity index (χ1v) is 8.33. The Morgan fingerprint density at radius 1 is 1.33 bits per heavy atom. The molecule has 1 aromatic carbocycles. The van der Waals surface area contributed by atoms with Crippen molar-refractivity contribution in [2.75, 3.05) is 6.54 Å². The van der Waals surface area contributed by atoms with Crippen LogP contribution in [0.4, 0.5) is 4.39 Å². The van der Waals surface area contributed by atoms with E-state index in [-0.39, 0.29) is 23.7 Å². The summed E-state index contributed by atoms with van der Waals surface area (Å²) in [6, 6.07) is 7.67. The number of hydrogen-bond donors (Lipinski definition) is 2. The molecule has 24 heavy (non-hydrogen) atoms. The molecule has 3 rings (SSSR count). The second-order valence-corrected chi connectivity index (χ2v) is 6.38. The number of carbonyl (C=O) groups excluding carboxylic acids is 1. The average molecular weight is 331 g/mol. The minimum Gasteiger partial charge on any atom is -0.393 e. The van der Waals surface area contributed by atoms with Gasteiger partial charge in [0.25, 0.3) is 5.91 Å². The highest BCUT2D eigenvalue weighted by Gasteiger charge is 2.24. The number of rotatable bonds is 4. The molecule has 2 aromatic rings. The zero-order chi connectivity index (χ0) is 17.1. The lowest BCUT2D eigenvalue weighted by Gasteiger charge is -2.27. The lowest BCUT2D eigenvalue weighted by atomic mass is 9.86. The molecule has 1 aliphatic rings. The average Bonchev–Trinajstić information content (AvgIpc) is 2.96. The summed E-state index contributed by atoms with van der Waals surface area (Å²) in [6.45, 7) is 2.31. The quantitative estimate of drug-likeness (QED) is 0.905. The van der Waals surface area contributed by atoms with Crippen LogP contribution in [-0.2, 0) is 0 Å². The van der Waals surface area contributed by atoms with Crippen LogP contribution in [0.3, 0.4) is 0 Å². The maximum absolute atomic E-state index is 13.0. The molecule has 0 radical (unpaired) electrons. The van der Waals surface area contributed by atoms with Crippen molar-refractivity contribution in [3.8, 4) is 5.69 Å². The minimum absolute atomic E-state index is 0.114. The number of nitrogens with one attached hydrogen (secondary N) is 1. The van der Waals surface area contributed by atoms with Crippen molar-refractivity contribution in [1.82, 2.24) is 15.1 Å². The number of nitrogens with zero attached hydrogens (tertiary/aromatic N) is 2. The number of aryl methyl sites for hydroxylation is 1. The Hall–Kier alpha value is -2.21. The van der Waals surface area contributed by atoms with Crippen molar-refractivity contribution >= 4 is 5.91 Å². The highest BCUT2D eigenvalue weighted by molar-refractivity contribution is 5.92. The Morgan fingerprint density at radius 2 is 2.04 bits per heavy atom. The van der Waals surface area contributed by atoms with Crippen molar-refractivity contribution in [1.29, 1.82) is 0 Å². The van der Waals surface area contributed by atoms with Gasteiger partial charge in [-0.1, -0.05) is 12.8 Å². The summed E-state index contributed by atoms with van der Waals surface area (Å²) in [7, 11) is 0. The molecule has 0 spiro atoms. The normalized spacial score (nSPS) is 20.8. The molecular weight excluding hydrogens is 309 g/mol. The van der Waals surface area contributed by atoms with E-state index < -0.39 is 0 Å². The molecule has 2 atom stereocenters. The first kappa shape index (κ1) is 16.6. The van der Waals surface area contributed by atoms with Crippen LogP contribution >= 0.6 is 0 Å². The van der Waals surface area contributed by atoms with Crippen LogP contribution in [0.5, 0.6) is 0 Å². The van der Waals surface area contributed by atoms with Gasteiger partial charge in [0.05, 0.1) is 11.8 Å². The minimum atomic E-state index is -0.336. The summed E-state index contributed by atoms with van der Waals surface area (Å²) in [6.07, 6.45) is 3.55. The molecule has 0 saturated heterocycles. The molecule has 0 bridgehead atoms. The number of benzene rings is 1. The fourth-order valence-corrected chi connectivity index (χ4v) is 3.17. The van der Waals surface area contributed by atoms with E-state index in [1.165, 1.54) is 12.1 Å². The molecule has 1 saturated carbocycles. The molecule has 128 valence electrons. The van der Waals surface area contributed by atoms with Gasteiger partial charge in [-0.2, -0.15) is 5.10 Å². The van der Waals surface area contributed by atoms with Crippen LogP contribution < -0.4 is 5.32 Å². The van der Waals surface area contributed by atoms with Gasteiger partial charge < -0.3 is 10.4 Å². The van der Waals surface area contributed by atoms with Crippen molar-refractivity contribution in [2.24, 2.45) is 5.92 Å². The van der Waals surface area contributed by atoms with E-state index in [4.69, 9.17) is 0 Å². The van der Waals surface area contributed by atoms with Gasteiger partial charge in [0, 0.05) is 18.2 Å². The van der Waals surface area contributed by atoms with Gasteiger partial charge in [0.1, 0.15) is 5.82 Å². The standard InChI is InChI=1S/C18H22FN3O2/c1-12-10-16(21-22(12)15-8-6-14(19)7-9-15)18(24)20-11-13-4-2-3-5-17(13)23/h6-10,13,17,23H,2-5,11H2,1H3,(H,20,24). The number of aliphatic hydroxyl groups is 1. The fraction of sp³-hybridized carbons (Fsp3) is 0.444. The van der Waals surface area contributed by atoms with Crippen LogP contribution in [0.25, 0.3) is 5.69 Å². The molecular formula is C18H22FN3O2. The van der Waals surface area contributed by atoms with Crippen LogP contribution in [-0.4, -0.2) is 33.4 Å². The SMILES string of the molecule is Cc1cc(C(=O)NCC2CCCCC2O)nn1-c1ccc(F)cc1. The summed E-state index contributed by atoms with van der Waals surface area (Å²) in [5, 5.41) is 17.1. The lowest BCUT2D eigenvalue weighted by Crippen LogP contribution is -2.36. The Labute approximate surface area is 140 Å². The van der Waals surface area contributed by atoms with E-state index in [9.17, 15) is 14.3 Å². The summed E-state index contributed by atoms with van der Waals surface area (Å²) < 4.78 is 14.6. The molecule has 2 unspecified atom stereocenters. The molecule has 5 nitrogen and oxygen atoms in total. The van der Waals surface area contributed by atoms with Gasteiger partial charge in [0.15, 0.2) is 5.69 Å². The van der Waals surface area contributed by atoms with E-state index in [0.717, 1.165) is 31.4 Å². The summed E-state index contributed by atoms with van der Waals surface area (Å²) in [4.78, 5) is 12.3. The number of amides is 1. The van der Waals surface area contributed by atoms with Gasteiger partial charge in [-0.3, -0.25) is 4.79 Å². The third kappa shape index (κ3) is 3.64. The van der Waals surface area contributed by atoms with Crippen molar-refractivity contribution < 1.29 is 14.3 Å². The number of halogens is 1. The molecule has 1 aliphatic carbocycles. The lowest BCUT2D eigenvalue weighted by molar-refractivity contribution is 0.0661. The van der Waals surface area contributed by atoms with Crippen molar-refractivity contribution in [3.05, 3.63) is 47.5 Å². The van der Waals surface area contributed by atoms with Gasteiger partial charge >= 0.3 is 0 Å². The van der Waals surface area contributed by atoms with Gasteiger partial charge in [0.2, 0.25) is 0 Å². The maximum Gasteiger partial charge on any atom is 0.271 e. The highest BCUT2D eigenvalue weighted by Crippen LogP contribution is 2.23. The smallest absolute Gasteiger partial charge is 0.271 e. The molecule has 2 N–H and O–H groups in total. The van der Waals surface area contributed by atoms with E-state index in [1.54, 1.807) is 22.9 Å². The first-order valence-electron chi connectivity index (χ1n) is 8.33. The zero-order valence-electron chi connectivity index (χ0n) is 13.7. The number of aromatic nitrogens is 2. The third-order valence-electron chi connectivity index (χ3n) is 4.59. The molecule has 1 fully saturated rings. The highest BCUT2D eigenvalue weighted by atomic mass is 19.1. The molecule has 6 heteroatoms. The Balaban J connectivity index is 1.67. The predicted molar refractivity (Wildman–Crippen MR) is 88.6 cm³/mol. The molecule has 0 aliphatic heterocycles. The number of hydrogen-bond acceptors (Lipinski definition) is 3. The third-order valence-corrected chi connectivity index (χ3v) is 4.59. The summed E-state index contributed by atoms with van der Waals surface area (Å²) in [5.41, 5.74) is 1.82. The Kier molecular flexibility index (Phi) is 4.94. The Bertz CT molecular complexity index is 712. The van der Waals surface area contributed by atoms with E-state index in [0.29, 0.717) is 17.9 Å². The van der Waals surface area contributed by atoms with E-state index in [1.807, 2.05) is 6.92 Å². The van der Waals surface area contributed by atoms with Gasteiger partial charge in [-0.25, -0.2) is 9.07 Å². The van der Waals surface area contributed by atoms with Crippen molar-refractivity contribution in [3.63, 3.8) is 0 Å². The van der Waals surface area contributed by atoms with Crippen LogP contribution in [0.1, 0.15) is 41.9 Å². The molecule has 1 aromatic heterocycles. The first-order chi connectivity index (χ1) is 11.5. The van der Waals surface area contributed by atoms with Crippen LogP contribution in [0, 0.1) is 18.7 Å². The monoisotopic (exact) mass is 331 g/mol. The number of carbonyl (C=O) groups is 1. The summed E-state index contributed by atoms with van der Waals surface area (Å²) >= 11 is 0.